The molecule has 1 amide bonds. The second kappa shape index (κ2) is 12.7. The Morgan fingerprint density at radius 2 is 1.77 bits per heavy atom. The Balaban J connectivity index is 1.34. The van der Waals surface area contributed by atoms with E-state index in [9.17, 15) is 9.90 Å². The highest BCUT2D eigenvalue weighted by atomic mass is 32.2. The fraction of sp³-hybridized carbons (Fsp3) is 0.344. The number of aromatic nitrogens is 1. The van der Waals surface area contributed by atoms with Crippen LogP contribution in [0.3, 0.4) is 0 Å². The zero-order valence-corrected chi connectivity index (χ0v) is 23.6. The molecule has 0 fully saturated rings. The fourth-order valence-corrected chi connectivity index (χ4v) is 6.17. The summed E-state index contributed by atoms with van der Waals surface area (Å²) in [5.41, 5.74) is 6.47. The molecule has 0 saturated carbocycles. The summed E-state index contributed by atoms with van der Waals surface area (Å²) in [6.45, 7) is 4.27. The number of hydrogen-bond donors (Lipinski definition) is 3. The predicted octanol–water partition coefficient (Wildman–Crippen LogP) is 4.84. The van der Waals surface area contributed by atoms with E-state index in [4.69, 9.17) is 0 Å². The average Bonchev–Trinajstić information content (AvgIpc) is 3.24. The first-order chi connectivity index (χ1) is 19.0. The molecule has 0 unspecified atom stereocenters. The fourth-order valence-electron chi connectivity index (χ4n) is 5.34. The van der Waals surface area contributed by atoms with Crippen molar-refractivity contribution >= 4 is 34.4 Å². The first kappa shape index (κ1) is 27.3. The average molecular weight is 543 g/mol. The van der Waals surface area contributed by atoms with Crippen molar-refractivity contribution in [2.24, 2.45) is 0 Å². The van der Waals surface area contributed by atoms with E-state index in [1.54, 1.807) is 11.9 Å². The summed E-state index contributed by atoms with van der Waals surface area (Å²) < 4.78 is 4.50. The predicted molar refractivity (Wildman–Crippen MR) is 163 cm³/mol. The maximum atomic E-state index is 13.7. The zero-order chi connectivity index (χ0) is 27.2. The van der Waals surface area contributed by atoms with E-state index >= 15 is 0 Å². The van der Waals surface area contributed by atoms with E-state index in [-0.39, 0.29) is 5.91 Å². The summed E-state index contributed by atoms with van der Waals surface area (Å²) in [6, 6.07) is 23.9. The molecule has 0 radical (unpaired) electrons. The van der Waals surface area contributed by atoms with E-state index < -0.39 is 12.1 Å². The third kappa shape index (κ3) is 6.49. The van der Waals surface area contributed by atoms with Gasteiger partial charge in [0.2, 0.25) is 0 Å². The van der Waals surface area contributed by atoms with Crippen molar-refractivity contribution in [2.45, 2.75) is 44.9 Å². The van der Waals surface area contributed by atoms with Gasteiger partial charge in [-0.1, -0.05) is 67.6 Å². The van der Waals surface area contributed by atoms with Gasteiger partial charge in [0.15, 0.2) is 0 Å². The third-order valence-electron chi connectivity index (χ3n) is 7.50. The molecule has 6 nitrogen and oxygen atoms in total. The highest BCUT2D eigenvalue weighted by molar-refractivity contribution is 8.00. The van der Waals surface area contributed by atoms with Gasteiger partial charge >= 0.3 is 0 Å². The number of aliphatic hydroxyl groups excluding tert-OH is 1. The number of amides is 1. The molecule has 3 aromatic carbocycles. The molecule has 7 heteroatoms. The Morgan fingerprint density at radius 3 is 2.49 bits per heavy atom. The Bertz CT molecular complexity index is 1390. The molecule has 1 aliphatic rings. The Kier molecular flexibility index (Phi) is 8.91. The topological polar surface area (TPSA) is 69.5 Å². The molecule has 0 saturated heterocycles. The molecule has 1 aliphatic heterocycles. The number of carbonyl (C=O) groups excluding carboxylic acids is 1. The number of carbonyl (C=O) groups is 1. The highest BCUT2D eigenvalue weighted by Crippen LogP contribution is 2.37. The standard InChI is InChI=1S/C32H38N4O2S/c1-3-25-22-36-16-17-39-35(2)29-20-26(19-27(25)31(29)36)32(38)34-28(18-24-12-8-5-9-13-24)30(37)21-33-15-14-23-10-6-4-7-11-23/h4-13,19-20,22,28,30,33,37H,3,14-18,21H2,1-2H3,(H,34,38)/t28-,30+/m0/s1. The molecular formula is C32H38N4O2S. The zero-order valence-electron chi connectivity index (χ0n) is 22.8. The smallest absolute Gasteiger partial charge is 0.251 e. The lowest BCUT2D eigenvalue weighted by Gasteiger charge is -2.25. The largest absolute Gasteiger partial charge is 0.390 e. The Hall–Kier alpha value is -3.26. The lowest BCUT2D eigenvalue weighted by molar-refractivity contribution is 0.0831. The van der Waals surface area contributed by atoms with Crippen molar-refractivity contribution in [1.29, 1.82) is 0 Å². The van der Waals surface area contributed by atoms with E-state index in [0.717, 1.165) is 48.3 Å². The van der Waals surface area contributed by atoms with E-state index in [2.05, 4.69) is 51.8 Å². The van der Waals surface area contributed by atoms with Gasteiger partial charge < -0.3 is 24.6 Å². The van der Waals surface area contributed by atoms with Crippen LogP contribution in [0.5, 0.6) is 0 Å². The van der Waals surface area contributed by atoms with Crippen LogP contribution >= 0.6 is 11.9 Å². The highest BCUT2D eigenvalue weighted by Gasteiger charge is 2.25. The van der Waals surface area contributed by atoms with Crippen LogP contribution in [0, 0.1) is 0 Å². The van der Waals surface area contributed by atoms with Gasteiger partial charge in [-0.2, -0.15) is 0 Å². The van der Waals surface area contributed by atoms with Crippen LogP contribution in [0.4, 0.5) is 5.69 Å². The van der Waals surface area contributed by atoms with Crippen molar-refractivity contribution in [1.82, 2.24) is 15.2 Å². The van der Waals surface area contributed by atoms with Gasteiger partial charge in [0.1, 0.15) is 0 Å². The number of aliphatic hydroxyl groups is 1. The molecule has 0 aliphatic carbocycles. The molecule has 3 N–H and O–H groups in total. The van der Waals surface area contributed by atoms with Gasteiger partial charge in [-0.15, -0.1) is 0 Å². The molecule has 4 aromatic rings. The number of anilines is 1. The summed E-state index contributed by atoms with van der Waals surface area (Å²) in [6.07, 6.45) is 3.85. The molecular weight excluding hydrogens is 504 g/mol. The van der Waals surface area contributed by atoms with Crippen molar-refractivity contribution in [3.8, 4) is 0 Å². The summed E-state index contributed by atoms with van der Waals surface area (Å²) in [5, 5.41) is 18.9. The SMILES string of the molecule is CCc1cn2c3c(cc(C(=O)N[C@@H](Cc4ccccc4)[C@H](O)CNCCc4ccccc4)cc13)N(C)SCC2. The molecule has 39 heavy (non-hydrogen) atoms. The minimum Gasteiger partial charge on any atom is -0.390 e. The molecule has 2 atom stereocenters. The Morgan fingerprint density at radius 1 is 1.05 bits per heavy atom. The summed E-state index contributed by atoms with van der Waals surface area (Å²) in [5.74, 6) is 0.831. The number of benzene rings is 3. The van der Waals surface area contributed by atoms with E-state index in [0.29, 0.717) is 18.5 Å². The molecule has 0 bridgehead atoms. The van der Waals surface area contributed by atoms with E-state index in [1.165, 1.54) is 16.6 Å². The van der Waals surface area contributed by atoms with Crippen LogP contribution in [-0.4, -0.2) is 53.6 Å². The van der Waals surface area contributed by atoms with Crippen LogP contribution < -0.4 is 14.9 Å². The van der Waals surface area contributed by atoms with Crippen LogP contribution in [0.1, 0.15) is 34.0 Å². The number of rotatable bonds is 11. The quantitative estimate of drug-likeness (QED) is 0.187. The third-order valence-corrected chi connectivity index (χ3v) is 8.45. The van der Waals surface area contributed by atoms with Gasteiger partial charge in [0.25, 0.3) is 5.91 Å². The first-order valence-corrected chi connectivity index (χ1v) is 14.8. The van der Waals surface area contributed by atoms with Gasteiger partial charge in [-0.25, -0.2) is 0 Å². The maximum absolute atomic E-state index is 13.7. The van der Waals surface area contributed by atoms with Crippen molar-refractivity contribution in [3.63, 3.8) is 0 Å². The van der Waals surface area contributed by atoms with Crippen molar-refractivity contribution in [2.75, 3.05) is 30.2 Å². The van der Waals surface area contributed by atoms with Crippen molar-refractivity contribution in [3.05, 3.63) is 101 Å². The molecule has 0 spiro atoms. The lowest BCUT2D eigenvalue weighted by atomic mass is 9.99. The number of nitrogens with zero attached hydrogens (tertiary/aromatic N) is 2. The lowest BCUT2D eigenvalue weighted by Crippen LogP contribution is -2.49. The van der Waals surface area contributed by atoms with Crippen molar-refractivity contribution < 1.29 is 9.90 Å². The minimum atomic E-state index is -0.735. The summed E-state index contributed by atoms with van der Waals surface area (Å²) in [7, 11) is 2.07. The second-order valence-electron chi connectivity index (χ2n) is 10.2. The van der Waals surface area contributed by atoms with Gasteiger partial charge in [-0.3, -0.25) is 4.79 Å². The molecule has 2 heterocycles. The number of hydrogen-bond acceptors (Lipinski definition) is 5. The summed E-state index contributed by atoms with van der Waals surface area (Å²) in [4.78, 5) is 13.7. The van der Waals surface area contributed by atoms with Gasteiger partial charge in [0, 0.05) is 43.0 Å². The number of aryl methyl sites for hydroxylation is 2. The van der Waals surface area contributed by atoms with E-state index in [1.807, 2.05) is 60.7 Å². The molecule has 5 rings (SSSR count). The van der Waals surface area contributed by atoms with Crippen LogP contribution in [0.2, 0.25) is 0 Å². The second-order valence-corrected chi connectivity index (χ2v) is 11.4. The summed E-state index contributed by atoms with van der Waals surface area (Å²) >= 11 is 1.77. The normalized spacial score (nSPS) is 14.7. The minimum absolute atomic E-state index is 0.158. The molecule has 204 valence electrons. The van der Waals surface area contributed by atoms with Gasteiger partial charge in [0.05, 0.1) is 23.3 Å². The van der Waals surface area contributed by atoms with Crippen LogP contribution in [-0.2, 0) is 25.8 Å². The Labute approximate surface area is 235 Å². The van der Waals surface area contributed by atoms with Crippen LogP contribution in [0.15, 0.2) is 79.0 Å². The monoisotopic (exact) mass is 542 g/mol. The first-order valence-electron chi connectivity index (χ1n) is 13.8. The number of nitrogens with one attached hydrogen (secondary N) is 2. The van der Waals surface area contributed by atoms with Crippen LogP contribution in [0.25, 0.3) is 10.9 Å². The maximum Gasteiger partial charge on any atom is 0.251 e. The van der Waals surface area contributed by atoms with Gasteiger partial charge in [-0.05, 0) is 66.6 Å². The molecule has 1 aromatic heterocycles.